The standard InChI is InChI=1S/C22H28N2O5S/c1-15-5-7-19(16(2)13-15)17(3)23-22(25)20-14-18(6-8-21(20)28-4)30(26,27)24-9-11-29-12-10-24/h5-8,13-14,17H,9-12H2,1-4H3,(H,23,25)/t17-/m1/s1. The van der Waals surface area contributed by atoms with Gasteiger partial charge in [-0.3, -0.25) is 4.79 Å². The van der Waals surface area contributed by atoms with Gasteiger partial charge >= 0.3 is 0 Å². The van der Waals surface area contributed by atoms with Gasteiger partial charge in [0.05, 0.1) is 36.8 Å². The first-order valence-electron chi connectivity index (χ1n) is 9.88. The largest absolute Gasteiger partial charge is 0.496 e. The monoisotopic (exact) mass is 432 g/mol. The van der Waals surface area contributed by atoms with Crippen LogP contribution in [0, 0.1) is 13.8 Å². The Balaban J connectivity index is 1.88. The van der Waals surface area contributed by atoms with Gasteiger partial charge in [-0.25, -0.2) is 8.42 Å². The van der Waals surface area contributed by atoms with Crippen LogP contribution in [-0.4, -0.2) is 52.0 Å². The van der Waals surface area contributed by atoms with Crippen molar-refractivity contribution in [2.24, 2.45) is 0 Å². The first kappa shape index (κ1) is 22.3. The van der Waals surface area contributed by atoms with Gasteiger partial charge in [-0.1, -0.05) is 23.8 Å². The Hall–Kier alpha value is -2.42. The zero-order chi connectivity index (χ0) is 21.9. The molecule has 30 heavy (non-hydrogen) atoms. The summed E-state index contributed by atoms with van der Waals surface area (Å²) in [6.45, 7) is 7.22. The molecule has 1 saturated heterocycles. The number of benzene rings is 2. The van der Waals surface area contributed by atoms with Gasteiger partial charge in [0.2, 0.25) is 10.0 Å². The molecule has 1 aliphatic heterocycles. The Bertz CT molecular complexity index is 1030. The van der Waals surface area contributed by atoms with Crippen molar-refractivity contribution in [3.8, 4) is 5.75 Å². The number of ether oxygens (including phenoxy) is 2. The number of rotatable bonds is 6. The molecule has 0 bridgehead atoms. The normalized spacial score (nSPS) is 16.1. The van der Waals surface area contributed by atoms with E-state index in [1.807, 2.05) is 32.9 Å². The molecule has 0 spiro atoms. The highest BCUT2D eigenvalue weighted by atomic mass is 32.2. The number of carbonyl (C=O) groups excluding carboxylic acids is 1. The highest BCUT2D eigenvalue weighted by molar-refractivity contribution is 7.89. The number of methoxy groups -OCH3 is 1. The predicted octanol–water partition coefficient (Wildman–Crippen LogP) is 2.82. The third-order valence-electron chi connectivity index (χ3n) is 5.26. The third-order valence-corrected chi connectivity index (χ3v) is 7.16. The number of sulfonamides is 1. The van der Waals surface area contributed by atoms with Gasteiger partial charge in [0.25, 0.3) is 5.91 Å². The van der Waals surface area contributed by atoms with Crippen LogP contribution >= 0.6 is 0 Å². The molecule has 3 rings (SSSR count). The van der Waals surface area contributed by atoms with Crippen LogP contribution in [0.2, 0.25) is 0 Å². The molecule has 0 saturated carbocycles. The van der Waals surface area contributed by atoms with Crippen molar-refractivity contribution in [3.63, 3.8) is 0 Å². The van der Waals surface area contributed by atoms with Crippen molar-refractivity contribution in [1.29, 1.82) is 0 Å². The zero-order valence-electron chi connectivity index (χ0n) is 17.8. The highest BCUT2D eigenvalue weighted by Gasteiger charge is 2.28. The average molecular weight is 433 g/mol. The molecule has 0 radical (unpaired) electrons. The lowest BCUT2D eigenvalue weighted by molar-refractivity contribution is 0.0730. The van der Waals surface area contributed by atoms with E-state index < -0.39 is 15.9 Å². The minimum atomic E-state index is -3.72. The summed E-state index contributed by atoms with van der Waals surface area (Å²) in [6, 6.07) is 10.2. The summed E-state index contributed by atoms with van der Waals surface area (Å²) in [5, 5.41) is 2.96. The van der Waals surface area contributed by atoms with Crippen molar-refractivity contribution >= 4 is 15.9 Å². The number of nitrogens with zero attached hydrogens (tertiary/aromatic N) is 1. The Kier molecular flexibility index (Phi) is 6.80. The van der Waals surface area contributed by atoms with Gasteiger partial charge in [-0.15, -0.1) is 0 Å². The Labute approximate surface area is 178 Å². The van der Waals surface area contributed by atoms with E-state index in [1.165, 1.54) is 29.6 Å². The summed E-state index contributed by atoms with van der Waals surface area (Å²) in [7, 11) is -2.26. The fraction of sp³-hybridized carbons (Fsp3) is 0.409. The molecule has 0 unspecified atom stereocenters. The summed E-state index contributed by atoms with van der Waals surface area (Å²) < 4.78 is 37.9. The summed E-state index contributed by atoms with van der Waals surface area (Å²) in [6.07, 6.45) is 0. The average Bonchev–Trinajstić information content (AvgIpc) is 2.73. The predicted molar refractivity (Wildman–Crippen MR) is 114 cm³/mol. The van der Waals surface area contributed by atoms with Crippen LogP contribution in [0.4, 0.5) is 0 Å². The van der Waals surface area contributed by atoms with Crippen LogP contribution in [0.15, 0.2) is 41.3 Å². The molecule has 8 heteroatoms. The molecule has 2 aromatic carbocycles. The molecule has 162 valence electrons. The zero-order valence-corrected chi connectivity index (χ0v) is 18.6. The fourth-order valence-electron chi connectivity index (χ4n) is 3.62. The van der Waals surface area contributed by atoms with Crippen LogP contribution in [-0.2, 0) is 14.8 Å². The molecule has 1 fully saturated rings. The van der Waals surface area contributed by atoms with Crippen molar-refractivity contribution in [2.45, 2.75) is 31.7 Å². The Morgan fingerprint density at radius 2 is 1.83 bits per heavy atom. The minimum absolute atomic E-state index is 0.0644. The molecule has 1 heterocycles. The van der Waals surface area contributed by atoms with E-state index in [0.29, 0.717) is 32.1 Å². The summed E-state index contributed by atoms with van der Waals surface area (Å²) >= 11 is 0. The molecule has 1 N–H and O–H groups in total. The molecule has 1 amide bonds. The van der Waals surface area contributed by atoms with Gasteiger partial charge in [0, 0.05) is 13.1 Å². The van der Waals surface area contributed by atoms with E-state index >= 15 is 0 Å². The molecular weight excluding hydrogens is 404 g/mol. The van der Waals surface area contributed by atoms with Gasteiger partial charge in [-0.2, -0.15) is 4.31 Å². The summed E-state index contributed by atoms with van der Waals surface area (Å²) in [5.41, 5.74) is 3.42. The molecule has 1 atom stereocenters. The smallest absolute Gasteiger partial charge is 0.255 e. The quantitative estimate of drug-likeness (QED) is 0.759. The van der Waals surface area contributed by atoms with Crippen molar-refractivity contribution in [1.82, 2.24) is 9.62 Å². The van der Waals surface area contributed by atoms with Crippen molar-refractivity contribution < 1.29 is 22.7 Å². The minimum Gasteiger partial charge on any atom is -0.496 e. The van der Waals surface area contributed by atoms with Crippen LogP contribution in [0.1, 0.15) is 40.0 Å². The number of nitrogens with one attached hydrogen (secondary N) is 1. The number of hydrogen-bond donors (Lipinski definition) is 1. The highest BCUT2D eigenvalue weighted by Crippen LogP contribution is 2.26. The van der Waals surface area contributed by atoms with E-state index in [0.717, 1.165) is 16.7 Å². The Morgan fingerprint density at radius 3 is 2.47 bits per heavy atom. The van der Waals surface area contributed by atoms with Crippen LogP contribution < -0.4 is 10.1 Å². The second-order valence-corrected chi connectivity index (χ2v) is 9.37. The molecule has 0 aliphatic carbocycles. The van der Waals surface area contributed by atoms with E-state index in [2.05, 4.69) is 11.4 Å². The van der Waals surface area contributed by atoms with E-state index in [4.69, 9.17) is 9.47 Å². The van der Waals surface area contributed by atoms with Gasteiger partial charge in [0.1, 0.15) is 5.75 Å². The maximum absolute atomic E-state index is 13.0. The first-order valence-corrected chi connectivity index (χ1v) is 11.3. The van der Waals surface area contributed by atoms with E-state index in [-0.39, 0.29) is 16.5 Å². The number of morpholine rings is 1. The van der Waals surface area contributed by atoms with Gasteiger partial charge in [-0.05, 0) is 50.1 Å². The van der Waals surface area contributed by atoms with Gasteiger partial charge < -0.3 is 14.8 Å². The van der Waals surface area contributed by atoms with Crippen LogP contribution in [0.5, 0.6) is 5.75 Å². The molecular formula is C22H28N2O5S. The maximum atomic E-state index is 13.0. The maximum Gasteiger partial charge on any atom is 0.255 e. The topological polar surface area (TPSA) is 84.9 Å². The third kappa shape index (κ3) is 4.66. The lowest BCUT2D eigenvalue weighted by Crippen LogP contribution is -2.40. The summed E-state index contributed by atoms with van der Waals surface area (Å²) in [5.74, 6) is -0.0698. The second-order valence-electron chi connectivity index (χ2n) is 7.43. The van der Waals surface area contributed by atoms with E-state index in [9.17, 15) is 13.2 Å². The van der Waals surface area contributed by atoms with Crippen LogP contribution in [0.3, 0.4) is 0 Å². The molecule has 7 nitrogen and oxygen atoms in total. The lowest BCUT2D eigenvalue weighted by atomic mass is 10.00. The molecule has 0 aromatic heterocycles. The number of aryl methyl sites for hydroxylation is 2. The van der Waals surface area contributed by atoms with Gasteiger partial charge in [0.15, 0.2) is 0 Å². The number of carbonyl (C=O) groups is 1. The lowest BCUT2D eigenvalue weighted by Gasteiger charge is -2.26. The fourth-order valence-corrected chi connectivity index (χ4v) is 5.06. The van der Waals surface area contributed by atoms with E-state index in [1.54, 1.807) is 0 Å². The molecule has 1 aliphatic rings. The SMILES string of the molecule is COc1ccc(S(=O)(=O)N2CCOCC2)cc1C(=O)N[C@H](C)c1ccc(C)cc1C. The second kappa shape index (κ2) is 9.16. The summed E-state index contributed by atoms with van der Waals surface area (Å²) in [4.78, 5) is 13.1. The van der Waals surface area contributed by atoms with Crippen molar-refractivity contribution in [3.05, 3.63) is 58.7 Å². The number of amides is 1. The molecule has 2 aromatic rings. The van der Waals surface area contributed by atoms with Crippen molar-refractivity contribution in [2.75, 3.05) is 33.4 Å². The van der Waals surface area contributed by atoms with Crippen LogP contribution in [0.25, 0.3) is 0 Å². The number of hydrogen-bond acceptors (Lipinski definition) is 5. The first-order chi connectivity index (χ1) is 14.2. The Morgan fingerprint density at radius 1 is 1.13 bits per heavy atom.